The predicted octanol–water partition coefficient (Wildman–Crippen LogP) is 0.955. The van der Waals surface area contributed by atoms with Crippen molar-refractivity contribution in [3.8, 4) is 5.88 Å². The molecule has 1 atom stereocenters. The third-order valence-corrected chi connectivity index (χ3v) is 2.07. The number of ether oxygens (including phenoxy) is 1. The number of carbonyl (C=O) groups is 1. The Hall–Kier alpha value is -1.62. The zero-order chi connectivity index (χ0) is 11.3. The van der Waals surface area contributed by atoms with E-state index in [4.69, 9.17) is 15.6 Å². The molecule has 0 aromatic carbocycles. The molecular weight excluding hydrogens is 196 g/mol. The van der Waals surface area contributed by atoms with Gasteiger partial charge in [0, 0.05) is 24.7 Å². The van der Waals surface area contributed by atoms with Gasteiger partial charge in [0.15, 0.2) is 0 Å². The number of rotatable bonds is 5. The van der Waals surface area contributed by atoms with Crippen LogP contribution in [0.2, 0.25) is 0 Å². The Morgan fingerprint density at radius 2 is 2.47 bits per heavy atom. The van der Waals surface area contributed by atoms with Gasteiger partial charge in [0.2, 0.25) is 5.88 Å². The number of nitrogens with two attached hydrogens (primary N) is 1. The first-order valence-electron chi connectivity index (χ1n) is 4.61. The monoisotopic (exact) mass is 210 g/mol. The summed E-state index contributed by atoms with van der Waals surface area (Å²) in [6, 6.07) is 3.18. The van der Waals surface area contributed by atoms with E-state index in [1.54, 1.807) is 18.3 Å². The summed E-state index contributed by atoms with van der Waals surface area (Å²) in [6.45, 7) is 0. The molecule has 0 fully saturated rings. The lowest BCUT2D eigenvalue weighted by Gasteiger charge is -2.10. The van der Waals surface area contributed by atoms with Crippen LogP contribution in [0, 0.1) is 0 Å². The zero-order valence-electron chi connectivity index (χ0n) is 8.51. The van der Waals surface area contributed by atoms with Crippen LogP contribution in [0.3, 0.4) is 0 Å². The highest BCUT2D eigenvalue weighted by Crippen LogP contribution is 2.18. The lowest BCUT2D eigenvalue weighted by atomic mass is 10.0. The molecule has 0 aliphatic rings. The van der Waals surface area contributed by atoms with Gasteiger partial charge in [-0.1, -0.05) is 0 Å². The molecule has 15 heavy (non-hydrogen) atoms. The van der Waals surface area contributed by atoms with Crippen molar-refractivity contribution >= 4 is 5.97 Å². The highest BCUT2D eigenvalue weighted by molar-refractivity contribution is 5.66. The Morgan fingerprint density at radius 3 is 3.07 bits per heavy atom. The summed E-state index contributed by atoms with van der Waals surface area (Å²) in [4.78, 5) is 14.3. The van der Waals surface area contributed by atoms with E-state index in [9.17, 15) is 4.79 Å². The molecule has 0 radical (unpaired) electrons. The average molecular weight is 210 g/mol. The molecule has 82 valence electrons. The summed E-state index contributed by atoms with van der Waals surface area (Å²) in [6.07, 6.45) is 2.06. The number of hydrogen-bond donors (Lipinski definition) is 2. The molecule has 0 spiro atoms. The minimum atomic E-state index is -0.841. The second kappa shape index (κ2) is 5.31. The summed E-state index contributed by atoms with van der Waals surface area (Å²) >= 11 is 0. The fraction of sp³-hybridized carbons (Fsp3) is 0.400. The van der Waals surface area contributed by atoms with E-state index >= 15 is 0 Å². The minimum absolute atomic E-state index is 0.0613. The quantitative estimate of drug-likeness (QED) is 0.755. The summed E-state index contributed by atoms with van der Waals surface area (Å²) < 4.78 is 4.95. The van der Waals surface area contributed by atoms with E-state index in [2.05, 4.69) is 4.98 Å². The second-order valence-corrected chi connectivity index (χ2v) is 3.17. The maximum absolute atomic E-state index is 10.4. The number of hydrogen-bond acceptors (Lipinski definition) is 4. The van der Waals surface area contributed by atoms with Crippen LogP contribution in [-0.4, -0.2) is 23.2 Å². The van der Waals surface area contributed by atoms with Gasteiger partial charge in [-0.25, -0.2) is 4.98 Å². The molecule has 1 rings (SSSR count). The average Bonchev–Trinajstić information content (AvgIpc) is 2.26. The maximum Gasteiger partial charge on any atom is 0.303 e. The number of aliphatic carboxylic acids is 1. The summed E-state index contributed by atoms with van der Waals surface area (Å²) in [7, 11) is 1.52. The first-order chi connectivity index (χ1) is 7.13. The molecule has 3 N–H and O–H groups in total. The molecule has 1 aromatic rings. The van der Waals surface area contributed by atoms with Gasteiger partial charge in [0.05, 0.1) is 7.11 Å². The number of carboxylic acids is 1. The molecule has 0 saturated heterocycles. The van der Waals surface area contributed by atoms with Crippen molar-refractivity contribution in [1.29, 1.82) is 0 Å². The lowest BCUT2D eigenvalue weighted by molar-refractivity contribution is -0.137. The fourth-order valence-electron chi connectivity index (χ4n) is 1.21. The first-order valence-corrected chi connectivity index (χ1v) is 4.61. The normalized spacial score (nSPS) is 12.1. The molecule has 1 aromatic heterocycles. The van der Waals surface area contributed by atoms with Gasteiger partial charge in [-0.15, -0.1) is 0 Å². The van der Waals surface area contributed by atoms with Crippen LogP contribution in [0.4, 0.5) is 0 Å². The van der Waals surface area contributed by atoms with Crippen molar-refractivity contribution in [2.75, 3.05) is 7.11 Å². The van der Waals surface area contributed by atoms with Crippen molar-refractivity contribution in [2.45, 2.75) is 18.9 Å². The highest BCUT2D eigenvalue weighted by atomic mass is 16.5. The van der Waals surface area contributed by atoms with E-state index in [-0.39, 0.29) is 12.5 Å². The van der Waals surface area contributed by atoms with Gasteiger partial charge < -0.3 is 15.6 Å². The van der Waals surface area contributed by atoms with Crippen LogP contribution in [0.1, 0.15) is 24.4 Å². The predicted molar refractivity (Wildman–Crippen MR) is 54.6 cm³/mol. The molecule has 1 heterocycles. The fourth-order valence-corrected chi connectivity index (χ4v) is 1.21. The van der Waals surface area contributed by atoms with Gasteiger partial charge in [0.25, 0.3) is 0 Å². The molecule has 0 bridgehead atoms. The Labute approximate surface area is 87.9 Å². The zero-order valence-corrected chi connectivity index (χ0v) is 8.51. The molecular formula is C10H14N2O3. The third kappa shape index (κ3) is 3.55. The van der Waals surface area contributed by atoms with Crippen LogP contribution in [0.15, 0.2) is 18.3 Å². The molecule has 0 aliphatic carbocycles. The van der Waals surface area contributed by atoms with Crippen molar-refractivity contribution in [1.82, 2.24) is 4.98 Å². The van der Waals surface area contributed by atoms with E-state index < -0.39 is 5.97 Å². The highest BCUT2D eigenvalue weighted by Gasteiger charge is 2.09. The van der Waals surface area contributed by atoms with Gasteiger partial charge >= 0.3 is 5.97 Å². The SMILES string of the molecule is COc1cc(C(N)CCC(=O)O)ccn1. The molecule has 0 aliphatic heterocycles. The summed E-state index contributed by atoms with van der Waals surface area (Å²) in [5.74, 6) is -0.357. The van der Waals surface area contributed by atoms with Crippen LogP contribution < -0.4 is 10.5 Å². The molecule has 1 unspecified atom stereocenters. The molecule has 0 amide bonds. The molecule has 0 saturated carbocycles. The molecule has 5 nitrogen and oxygen atoms in total. The smallest absolute Gasteiger partial charge is 0.303 e. The van der Waals surface area contributed by atoms with Crippen LogP contribution in [-0.2, 0) is 4.79 Å². The van der Waals surface area contributed by atoms with Gasteiger partial charge in [-0.05, 0) is 18.1 Å². The van der Waals surface area contributed by atoms with Crippen molar-refractivity contribution in [3.63, 3.8) is 0 Å². The van der Waals surface area contributed by atoms with Crippen molar-refractivity contribution in [2.24, 2.45) is 5.73 Å². The largest absolute Gasteiger partial charge is 0.481 e. The van der Waals surface area contributed by atoms with Crippen molar-refractivity contribution in [3.05, 3.63) is 23.9 Å². The Morgan fingerprint density at radius 1 is 1.73 bits per heavy atom. The lowest BCUT2D eigenvalue weighted by Crippen LogP contribution is -2.12. The first kappa shape index (κ1) is 11.5. The molecule has 5 heteroatoms. The van der Waals surface area contributed by atoms with E-state index in [1.165, 1.54) is 7.11 Å². The van der Waals surface area contributed by atoms with E-state index in [0.29, 0.717) is 12.3 Å². The maximum atomic E-state index is 10.4. The van der Waals surface area contributed by atoms with Gasteiger partial charge in [-0.3, -0.25) is 4.79 Å². The van der Waals surface area contributed by atoms with Crippen LogP contribution in [0.5, 0.6) is 5.88 Å². The number of aromatic nitrogens is 1. The second-order valence-electron chi connectivity index (χ2n) is 3.17. The number of carboxylic acid groups (broad SMARTS) is 1. The summed E-state index contributed by atoms with van der Waals surface area (Å²) in [5, 5.41) is 8.52. The number of methoxy groups -OCH3 is 1. The topological polar surface area (TPSA) is 85.4 Å². The minimum Gasteiger partial charge on any atom is -0.481 e. The Bertz CT molecular complexity index is 341. The standard InChI is InChI=1S/C10H14N2O3/c1-15-9-6-7(4-5-12-9)8(11)2-3-10(13)14/h4-6,8H,2-3,11H2,1H3,(H,13,14). The summed E-state index contributed by atoms with van der Waals surface area (Å²) in [5.41, 5.74) is 6.66. The van der Waals surface area contributed by atoms with Crippen LogP contribution >= 0.6 is 0 Å². The van der Waals surface area contributed by atoms with E-state index in [1.807, 2.05) is 0 Å². The van der Waals surface area contributed by atoms with Crippen LogP contribution in [0.25, 0.3) is 0 Å². The van der Waals surface area contributed by atoms with Crippen molar-refractivity contribution < 1.29 is 14.6 Å². The van der Waals surface area contributed by atoms with Gasteiger partial charge in [0.1, 0.15) is 0 Å². The van der Waals surface area contributed by atoms with Gasteiger partial charge in [-0.2, -0.15) is 0 Å². The third-order valence-electron chi connectivity index (χ3n) is 2.07. The number of pyridine rings is 1. The van der Waals surface area contributed by atoms with E-state index in [0.717, 1.165) is 5.56 Å². The number of nitrogens with zero attached hydrogens (tertiary/aromatic N) is 1. The Balaban J connectivity index is 2.64. The Kier molecular flexibility index (Phi) is 4.05.